The van der Waals surface area contributed by atoms with Crippen LogP contribution >= 0.6 is 0 Å². The van der Waals surface area contributed by atoms with E-state index in [1.54, 1.807) is 17.0 Å². The Bertz CT molecular complexity index is 960. The molecule has 36 heavy (non-hydrogen) atoms. The van der Waals surface area contributed by atoms with Gasteiger partial charge in [-0.2, -0.15) is 0 Å². The maximum absolute atomic E-state index is 13.3. The van der Waals surface area contributed by atoms with Gasteiger partial charge in [0.2, 0.25) is 0 Å². The number of ether oxygens (including phenoxy) is 1. The van der Waals surface area contributed by atoms with Crippen molar-refractivity contribution in [1.82, 2.24) is 25.3 Å². The molecular formula is C27H38FN5O3. The summed E-state index contributed by atoms with van der Waals surface area (Å²) in [5, 5.41) is 6.05. The number of carbonyl (C=O) groups excluding carboxylic acids is 2. The number of amides is 3. The van der Waals surface area contributed by atoms with Crippen molar-refractivity contribution in [3.05, 3.63) is 65.5 Å². The van der Waals surface area contributed by atoms with E-state index >= 15 is 0 Å². The summed E-state index contributed by atoms with van der Waals surface area (Å²) in [5.74, 6) is 0.364. The van der Waals surface area contributed by atoms with Gasteiger partial charge in [-0.15, -0.1) is 0 Å². The van der Waals surface area contributed by atoms with E-state index in [0.717, 1.165) is 30.8 Å². The number of piperazine rings is 1. The van der Waals surface area contributed by atoms with Gasteiger partial charge >= 0.3 is 6.03 Å². The molecule has 2 aromatic rings. The minimum atomic E-state index is -0.294. The van der Waals surface area contributed by atoms with Crippen LogP contribution in [0.1, 0.15) is 25.0 Å². The van der Waals surface area contributed by atoms with Crippen molar-refractivity contribution in [2.24, 2.45) is 0 Å². The minimum Gasteiger partial charge on any atom is -0.484 e. The van der Waals surface area contributed by atoms with Crippen molar-refractivity contribution in [2.75, 3.05) is 52.9 Å². The molecular weight excluding hydrogens is 461 g/mol. The maximum Gasteiger partial charge on any atom is 0.317 e. The summed E-state index contributed by atoms with van der Waals surface area (Å²) >= 11 is 0. The highest BCUT2D eigenvalue weighted by Crippen LogP contribution is 2.13. The largest absolute Gasteiger partial charge is 0.484 e. The molecule has 0 radical (unpaired) electrons. The van der Waals surface area contributed by atoms with Crippen molar-refractivity contribution >= 4 is 11.9 Å². The van der Waals surface area contributed by atoms with E-state index in [9.17, 15) is 14.0 Å². The van der Waals surface area contributed by atoms with E-state index in [-0.39, 0.29) is 30.4 Å². The summed E-state index contributed by atoms with van der Waals surface area (Å²) in [5.41, 5.74) is 2.03. The molecule has 3 rings (SSSR count). The molecule has 0 atom stereocenters. The molecule has 9 heteroatoms. The van der Waals surface area contributed by atoms with Crippen LogP contribution in [0.15, 0.2) is 48.5 Å². The highest BCUT2D eigenvalue weighted by molar-refractivity contribution is 5.78. The van der Waals surface area contributed by atoms with Crippen LogP contribution in [0.5, 0.6) is 5.75 Å². The Hall–Kier alpha value is -3.17. The Balaban J connectivity index is 1.44. The summed E-state index contributed by atoms with van der Waals surface area (Å²) < 4.78 is 19.0. The third kappa shape index (κ3) is 8.80. The quantitative estimate of drug-likeness (QED) is 0.497. The van der Waals surface area contributed by atoms with Gasteiger partial charge in [0, 0.05) is 58.4 Å². The molecule has 1 fully saturated rings. The average Bonchev–Trinajstić information content (AvgIpc) is 2.87. The molecule has 1 aliphatic rings. The highest BCUT2D eigenvalue weighted by Gasteiger charge is 2.23. The number of rotatable bonds is 11. The van der Waals surface area contributed by atoms with Crippen LogP contribution in [-0.4, -0.2) is 85.6 Å². The minimum absolute atomic E-state index is 0.0200. The molecule has 0 aliphatic carbocycles. The maximum atomic E-state index is 13.3. The molecule has 3 amide bonds. The van der Waals surface area contributed by atoms with E-state index in [2.05, 4.69) is 15.5 Å². The SMILES string of the molecule is CNCc1ccc(OCC(=O)N2CCN(CCN(Cc3ccc(F)cc3)C(=O)NC(C)C)CC2)cc1. The van der Waals surface area contributed by atoms with Gasteiger partial charge in [-0.05, 0) is 56.3 Å². The molecule has 196 valence electrons. The van der Waals surface area contributed by atoms with Gasteiger partial charge in [0.1, 0.15) is 11.6 Å². The fraction of sp³-hybridized carbons (Fsp3) is 0.481. The second kappa shape index (κ2) is 13.8. The van der Waals surface area contributed by atoms with E-state index in [4.69, 9.17) is 4.74 Å². The number of nitrogens with one attached hydrogen (secondary N) is 2. The Morgan fingerprint density at radius 3 is 2.25 bits per heavy atom. The molecule has 2 aromatic carbocycles. The fourth-order valence-electron chi connectivity index (χ4n) is 4.03. The van der Waals surface area contributed by atoms with Gasteiger partial charge < -0.3 is 25.2 Å². The van der Waals surface area contributed by atoms with Gasteiger partial charge in [-0.3, -0.25) is 9.69 Å². The molecule has 1 heterocycles. The van der Waals surface area contributed by atoms with Crippen molar-refractivity contribution in [3.8, 4) is 5.75 Å². The Kier molecular flexibility index (Phi) is 10.5. The molecule has 8 nitrogen and oxygen atoms in total. The molecule has 0 spiro atoms. The number of hydrogen-bond donors (Lipinski definition) is 2. The van der Waals surface area contributed by atoms with Crippen LogP contribution in [0.25, 0.3) is 0 Å². The smallest absolute Gasteiger partial charge is 0.317 e. The second-order valence-electron chi connectivity index (χ2n) is 9.34. The van der Waals surface area contributed by atoms with E-state index in [1.165, 1.54) is 12.1 Å². The lowest BCUT2D eigenvalue weighted by Gasteiger charge is -2.36. The van der Waals surface area contributed by atoms with Gasteiger partial charge in [-0.1, -0.05) is 24.3 Å². The van der Waals surface area contributed by atoms with Gasteiger partial charge in [0.15, 0.2) is 6.61 Å². The second-order valence-corrected chi connectivity index (χ2v) is 9.34. The number of benzene rings is 2. The average molecular weight is 500 g/mol. The van der Waals surface area contributed by atoms with Crippen molar-refractivity contribution in [3.63, 3.8) is 0 Å². The first-order valence-corrected chi connectivity index (χ1v) is 12.5. The molecule has 0 bridgehead atoms. The van der Waals surface area contributed by atoms with Crippen molar-refractivity contribution in [1.29, 1.82) is 0 Å². The van der Waals surface area contributed by atoms with Crippen LogP contribution in [0.3, 0.4) is 0 Å². The zero-order chi connectivity index (χ0) is 25.9. The predicted octanol–water partition coefficient (Wildman–Crippen LogP) is 2.69. The predicted molar refractivity (Wildman–Crippen MR) is 138 cm³/mol. The zero-order valence-electron chi connectivity index (χ0n) is 21.5. The lowest BCUT2D eigenvalue weighted by atomic mass is 10.2. The van der Waals surface area contributed by atoms with E-state index in [0.29, 0.717) is 38.5 Å². The summed E-state index contributed by atoms with van der Waals surface area (Å²) in [4.78, 5) is 31.2. The van der Waals surface area contributed by atoms with Gasteiger partial charge in [0.05, 0.1) is 0 Å². The normalized spacial score (nSPS) is 14.1. The number of hydrogen-bond acceptors (Lipinski definition) is 5. The summed E-state index contributed by atoms with van der Waals surface area (Å²) in [6, 6.07) is 13.8. The first kappa shape index (κ1) is 27.4. The van der Waals surface area contributed by atoms with Crippen LogP contribution in [0, 0.1) is 5.82 Å². The number of urea groups is 1. The third-order valence-electron chi connectivity index (χ3n) is 6.06. The van der Waals surface area contributed by atoms with Crippen LogP contribution in [0.4, 0.5) is 9.18 Å². The van der Waals surface area contributed by atoms with Gasteiger partial charge in [0.25, 0.3) is 5.91 Å². The highest BCUT2D eigenvalue weighted by atomic mass is 19.1. The number of nitrogens with zero attached hydrogens (tertiary/aromatic N) is 3. The van der Waals surface area contributed by atoms with Crippen LogP contribution in [0.2, 0.25) is 0 Å². The molecule has 0 aromatic heterocycles. The molecule has 1 saturated heterocycles. The third-order valence-corrected chi connectivity index (χ3v) is 6.06. The Morgan fingerprint density at radius 2 is 1.64 bits per heavy atom. The lowest BCUT2D eigenvalue weighted by molar-refractivity contribution is -0.135. The monoisotopic (exact) mass is 499 g/mol. The number of halogens is 1. The fourth-order valence-corrected chi connectivity index (χ4v) is 4.03. The number of carbonyl (C=O) groups is 2. The van der Waals surface area contributed by atoms with E-state index in [1.807, 2.05) is 50.1 Å². The standard InChI is InChI=1S/C27H38FN5O3/c1-21(2)30-27(35)33(19-23-4-8-24(28)9-5-23)17-14-31-12-15-32(16-13-31)26(34)20-36-25-10-6-22(7-11-25)18-29-3/h4-11,21,29H,12-20H2,1-3H3,(H,30,35). The lowest BCUT2D eigenvalue weighted by Crippen LogP contribution is -2.52. The van der Waals surface area contributed by atoms with Crippen molar-refractivity contribution < 1.29 is 18.7 Å². The molecule has 1 aliphatic heterocycles. The molecule has 0 saturated carbocycles. The topological polar surface area (TPSA) is 77.2 Å². The summed E-state index contributed by atoms with van der Waals surface area (Å²) in [6.07, 6.45) is 0. The van der Waals surface area contributed by atoms with Crippen LogP contribution < -0.4 is 15.4 Å². The first-order valence-electron chi connectivity index (χ1n) is 12.5. The Morgan fingerprint density at radius 1 is 1.00 bits per heavy atom. The van der Waals surface area contributed by atoms with E-state index < -0.39 is 0 Å². The summed E-state index contributed by atoms with van der Waals surface area (Å²) in [6.45, 7) is 9.02. The Labute approximate surface area is 213 Å². The van der Waals surface area contributed by atoms with Gasteiger partial charge in [-0.25, -0.2) is 9.18 Å². The molecule has 2 N–H and O–H groups in total. The summed E-state index contributed by atoms with van der Waals surface area (Å²) in [7, 11) is 1.90. The first-order chi connectivity index (χ1) is 17.3. The van der Waals surface area contributed by atoms with Crippen molar-refractivity contribution in [2.45, 2.75) is 33.0 Å². The van der Waals surface area contributed by atoms with Crippen LogP contribution in [-0.2, 0) is 17.9 Å². The molecule has 0 unspecified atom stereocenters. The zero-order valence-corrected chi connectivity index (χ0v) is 21.5.